The Bertz CT molecular complexity index is 65.9. The molecule has 69 heavy (non-hydrogen) atoms. The van der Waals surface area contributed by atoms with Crippen molar-refractivity contribution < 1.29 is 971 Å². The third-order valence-corrected chi connectivity index (χ3v) is 0. The van der Waals surface area contributed by atoms with Gasteiger partial charge in [0.05, 0.1) is 0 Å². The van der Waals surface area contributed by atoms with Crippen LogP contribution in [0.5, 0.6) is 0 Å². The first-order chi connectivity index (χ1) is 0. The average Bonchev–Trinajstić information content (AvgIpc) is 0. The van der Waals surface area contributed by atoms with Gasteiger partial charge in [0.15, 0.2) is 0 Å². The Balaban J connectivity index is 0. The third-order valence-electron chi connectivity index (χ3n) is 0. The van der Waals surface area contributed by atoms with Crippen LogP contribution in [0.15, 0.2) is 0 Å². The van der Waals surface area contributed by atoms with Gasteiger partial charge in [-0.1, -0.05) is 0 Å². The summed E-state index contributed by atoms with van der Waals surface area (Å²) in [6.07, 6.45) is 0. The van der Waals surface area contributed by atoms with E-state index in [-0.39, 0.29) is 971 Å². The molecule has 0 atom stereocenters. The van der Waals surface area contributed by atoms with Crippen LogP contribution in [0.25, 0.3) is 0 Å². The monoisotopic (exact) mass is 1430 g/mol. The summed E-state index contributed by atoms with van der Waals surface area (Å²) >= 11 is 0. The number of hydrogen-bond acceptors (Lipinski definition) is 0. The summed E-state index contributed by atoms with van der Waals surface area (Å²) in [6, 6.07) is 0. The zero-order chi connectivity index (χ0) is 0. The van der Waals surface area contributed by atoms with E-state index in [1.807, 2.05) is 0 Å². The SMILES string of the molecule is F.F.F.F.F.F.F.F.F.F.F.F.F.F.F.F.F.[F-].[F-].[F-].[F-].[F-].[F-].[F-].[F-].[F-].[F-].[F-].[F-].[F-].[F-].[F-].[F-].[F-].[F-].[F-].[F-].[F-].[F-].[F-].[F-].[F-].[F-].[Na+].[Na+].[Na+].[Na+].[Na+].[Na+].[Na+].[Na+].[Na+].[Na+].[Na+].[Na+].[Na+].[Na+].[Na+].[Na+].[Na+].[Na+].[Na+].[Na+].[Na+].[Na+].[Na+].[Na+].[Na+].[Na+]. The molecule has 0 aromatic carbocycles. The zero-order valence-corrected chi connectivity index (χ0v) is 94.8. The van der Waals surface area contributed by atoms with Gasteiger partial charge < -0.3 is 122 Å². The molecule has 0 aliphatic rings. The summed E-state index contributed by atoms with van der Waals surface area (Å²) in [7, 11) is 0. The summed E-state index contributed by atoms with van der Waals surface area (Å²) in [5.41, 5.74) is 0. The van der Waals surface area contributed by atoms with Gasteiger partial charge in [0.2, 0.25) is 0 Å². The first-order valence-electron chi connectivity index (χ1n) is 0. The van der Waals surface area contributed by atoms with Gasteiger partial charge >= 0.3 is 768 Å². The standard InChI is InChI=1S/43FH.26Na/h43*1H;;;;;;;;;;;;;;;;;;;;;;;;;;/q;;;;;;;;;;;;;;;;;;;;;;;;;;;;;;;;;;;;;;;;;;;26*+1/p-26. The van der Waals surface area contributed by atoms with Crippen molar-refractivity contribution in [2.45, 2.75) is 0 Å². The molecule has 0 saturated carbocycles. The molecule has 0 N–H and O–H groups in total. The van der Waals surface area contributed by atoms with Crippen LogP contribution >= 0.6 is 0 Å². The van der Waals surface area contributed by atoms with Gasteiger partial charge in [0, 0.05) is 0 Å². The van der Waals surface area contributed by atoms with Crippen LogP contribution in [0, 0.1) is 0 Å². The van der Waals surface area contributed by atoms with Gasteiger partial charge in [-0.05, 0) is 0 Å². The molecule has 0 rings (SSSR count). The van der Waals surface area contributed by atoms with E-state index in [4.69, 9.17) is 0 Å². The van der Waals surface area contributed by atoms with Gasteiger partial charge in [-0.3, -0.25) is 80.0 Å². The maximum Gasteiger partial charge on any atom is 1.00 e. The minimum absolute atomic E-state index is 0. The first-order valence-corrected chi connectivity index (χ1v) is 0. The van der Waals surface area contributed by atoms with Crippen LogP contribution < -0.4 is 891 Å². The van der Waals surface area contributed by atoms with Crippen molar-refractivity contribution in [2.24, 2.45) is 0 Å². The average molecular weight is 1430 g/mol. The van der Waals surface area contributed by atoms with Crippen LogP contribution in [0.2, 0.25) is 0 Å². The maximum atomic E-state index is 0. The van der Waals surface area contributed by atoms with Gasteiger partial charge in [-0.2, -0.15) is 0 Å². The Morgan fingerprint density at radius 3 is 0.0435 bits per heavy atom. The molecule has 0 radical (unpaired) electrons. The maximum absolute atomic E-state index is 0. The van der Waals surface area contributed by atoms with Gasteiger partial charge in [-0.25, -0.2) is 0 Å². The Morgan fingerprint density at radius 2 is 0.0435 bits per heavy atom. The molecule has 0 bridgehead atoms. The van der Waals surface area contributed by atoms with Crippen molar-refractivity contribution >= 4 is 0 Å². The predicted octanol–water partition coefficient (Wildman–Crippen LogP) is -153. The molecule has 0 aromatic heterocycles. The van der Waals surface area contributed by atoms with E-state index >= 15 is 0 Å². The van der Waals surface area contributed by atoms with E-state index in [1.54, 1.807) is 0 Å². The summed E-state index contributed by atoms with van der Waals surface area (Å²) in [6.45, 7) is 0. The molecular formula is H17F43Na26. The minimum atomic E-state index is 0. The van der Waals surface area contributed by atoms with Crippen molar-refractivity contribution in [1.29, 1.82) is 0 Å². The molecule has 344 valence electrons. The van der Waals surface area contributed by atoms with Crippen molar-refractivity contribution in [3.63, 3.8) is 0 Å². The fraction of sp³-hybridized carbons (Fsp3) is 0. The second kappa shape index (κ2) is 1390. The zero-order valence-electron chi connectivity index (χ0n) is 42.8. The topological polar surface area (TPSA) is 0 Å². The summed E-state index contributed by atoms with van der Waals surface area (Å²) in [5, 5.41) is 0. The molecule has 0 aliphatic carbocycles. The van der Waals surface area contributed by atoms with Crippen LogP contribution in [0.4, 0.5) is 80.0 Å². The fourth-order valence-electron chi connectivity index (χ4n) is 0. The molecule has 0 unspecified atom stereocenters. The first kappa shape index (κ1) is 1440. The molecule has 0 heterocycles. The predicted molar refractivity (Wildman–Crippen MR) is 42.6 cm³/mol. The summed E-state index contributed by atoms with van der Waals surface area (Å²) in [5.74, 6) is 0. The Morgan fingerprint density at radius 1 is 0.0435 bits per heavy atom. The normalized spacial score (nSPS) is 0. The van der Waals surface area contributed by atoms with Crippen molar-refractivity contribution in [2.75, 3.05) is 0 Å². The molecule has 0 nitrogen and oxygen atoms in total. The van der Waals surface area contributed by atoms with E-state index < -0.39 is 0 Å². The Kier molecular flexibility index (Phi) is 29100. The fourth-order valence-corrected chi connectivity index (χ4v) is 0. The molecule has 0 fully saturated rings. The summed E-state index contributed by atoms with van der Waals surface area (Å²) in [4.78, 5) is 0. The number of hydrogen-bond donors (Lipinski definition) is 0. The van der Waals surface area contributed by atoms with E-state index in [9.17, 15) is 0 Å². The molecule has 0 spiro atoms. The van der Waals surface area contributed by atoms with E-state index in [0.29, 0.717) is 0 Å². The second-order valence-electron chi connectivity index (χ2n) is 0. The second-order valence-corrected chi connectivity index (χ2v) is 0. The van der Waals surface area contributed by atoms with Crippen LogP contribution in [0.1, 0.15) is 0 Å². The van der Waals surface area contributed by atoms with Crippen molar-refractivity contribution in [3.05, 3.63) is 0 Å². The van der Waals surface area contributed by atoms with Gasteiger partial charge in [0.1, 0.15) is 0 Å². The van der Waals surface area contributed by atoms with E-state index in [2.05, 4.69) is 0 Å². The Hall–Kier alpha value is 23.0. The summed E-state index contributed by atoms with van der Waals surface area (Å²) < 4.78 is 0. The minimum Gasteiger partial charge on any atom is -1.00 e. The molecule has 69 heteroatoms. The smallest absolute Gasteiger partial charge is 1.00 e. The van der Waals surface area contributed by atoms with Crippen molar-refractivity contribution in [1.82, 2.24) is 0 Å². The molecule has 0 aliphatic heterocycles. The largest absolute Gasteiger partial charge is 1.00 e. The van der Waals surface area contributed by atoms with E-state index in [0.717, 1.165) is 0 Å². The van der Waals surface area contributed by atoms with Crippen LogP contribution in [0.3, 0.4) is 0 Å². The molecular weight excluding hydrogens is 1410 g/mol. The van der Waals surface area contributed by atoms with Crippen LogP contribution in [-0.4, -0.2) is 0 Å². The quantitative estimate of drug-likeness (QED) is 0.168. The number of halogens is 43. The molecule has 0 saturated heterocycles. The molecule has 0 aromatic rings. The van der Waals surface area contributed by atoms with Crippen molar-refractivity contribution in [3.8, 4) is 0 Å². The van der Waals surface area contributed by atoms with Gasteiger partial charge in [-0.15, -0.1) is 0 Å². The van der Waals surface area contributed by atoms with Gasteiger partial charge in [0.25, 0.3) is 0 Å². The van der Waals surface area contributed by atoms with E-state index in [1.165, 1.54) is 0 Å². The van der Waals surface area contributed by atoms with Crippen LogP contribution in [-0.2, 0) is 0 Å². The molecule has 0 amide bonds. The Labute approximate surface area is 943 Å². The third kappa shape index (κ3) is 1360. The number of rotatable bonds is 0.